The van der Waals surface area contributed by atoms with E-state index < -0.39 is 17.6 Å². The Morgan fingerprint density at radius 3 is 2.19 bits per heavy atom. The van der Waals surface area contributed by atoms with E-state index in [-0.39, 0.29) is 5.39 Å². The summed E-state index contributed by atoms with van der Waals surface area (Å²) in [5, 5.41) is 0.397. The van der Waals surface area contributed by atoms with Crippen LogP contribution in [-0.2, 0) is 6.18 Å². The molecule has 158 valence electrons. The fourth-order valence-corrected chi connectivity index (χ4v) is 4.12. The van der Waals surface area contributed by atoms with Gasteiger partial charge in [0, 0.05) is 16.9 Å². The van der Waals surface area contributed by atoms with Crippen LogP contribution < -0.4 is 0 Å². The third kappa shape index (κ3) is 4.66. The minimum atomic E-state index is -4.71. The monoisotopic (exact) mass is 422 g/mol. The van der Waals surface area contributed by atoms with Crippen LogP contribution in [0.15, 0.2) is 67.3 Å². The van der Waals surface area contributed by atoms with Crippen molar-refractivity contribution < 1.29 is 17.6 Å². The number of halogens is 4. The summed E-state index contributed by atoms with van der Waals surface area (Å²) < 4.78 is 53.0. The van der Waals surface area contributed by atoms with Crippen LogP contribution in [0.5, 0.6) is 0 Å². The zero-order valence-corrected chi connectivity index (χ0v) is 17.0. The van der Waals surface area contributed by atoms with Gasteiger partial charge in [0.05, 0.1) is 5.56 Å². The first-order chi connectivity index (χ1) is 14.8. The van der Waals surface area contributed by atoms with Crippen LogP contribution in [0.3, 0.4) is 0 Å². The van der Waals surface area contributed by atoms with E-state index in [1.807, 2.05) is 30.3 Å². The first-order valence-corrected chi connectivity index (χ1v) is 10.4. The predicted octanol–water partition coefficient (Wildman–Crippen LogP) is 8.01. The molecule has 0 radical (unpaired) electrons. The maximum absolute atomic E-state index is 14.3. The second kappa shape index (κ2) is 8.59. The fourth-order valence-electron chi connectivity index (χ4n) is 4.12. The number of allylic oxidation sites excluding steroid dienone is 1. The van der Waals surface area contributed by atoms with Gasteiger partial charge in [-0.2, -0.15) is 13.2 Å². The van der Waals surface area contributed by atoms with Crippen LogP contribution in [0.1, 0.15) is 36.8 Å². The molecule has 0 saturated heterocycles. The van der Waals surface area contributed by atoms with E-state index in [0.717, 1.165) is 48.4 Å². The minimum absolute atomic E-state index is 0.0350. The number of hydrogen-bond donors (Lipinski definition) is 0. The molecule has 0 nitrogen and oxygen atoms in total. The fraction of sp³-hybridized carbons (Fsp3) is 0.259. The Morgan fingerprint density at radius 1 is 0.871 bits per heavy atom. The highest BCUT2D eigenvalue weighted by Gasteiger charge is 2.34. The van der Waals surface area contributed by atoms with Gasteiger partial charge in [-0.3, -0.25) is 0 Å². The molecule has 3 aromatic rings. The lowest BCUT2D eigenvalue weighted by molar-refractivity contribution is -0.139. The Hall–Kier alpha value is -3.06. The lowest BCUT2D eigenvalue weighted by Gasteiger charge is -2.22. The highest BCUT2D eigenvalue weighted by molar-refractivity contribution is 5.88. The molecule has 0 amide bonds. The Kier molecular flexibility index (Phi) is 5.87. The third-order valence-corrected chi connectivity index (χ3v) is 6.00. The summed E-state index contributed by atoms with van der Waals surface area (Å²) in [6.45, 7) is 3.87. The van der Waals surface area contributed by atoms with Crippen LogP contribution >= 0.6 is 0 Å². The number of alkyl halides is 3. The van der Waals surface area contributed by atoms with Gasteiger partial charge in [0.2, 0.25) is 0 Å². The van der Waals surface area contributed by atoms with Crippen LogP contribution in [0, 0.1) is 29.5 Å². The Balaban J connectivity index is 1.53. The van der Waals surface area contributed by atoms with Gasteiger partial charge in [0.25, 0.3) is 0 Å². The van der Waals surface area contributed by atoms with Gasteiger partial charge in [-0.1, -0.05) is 48.2 Å². The summed E-state index contributed by atoms with van der Waals surface area (Å²) >= 11 is 0. The van der Waals surface area contributed by atoms with Crippen molar-refractivity contribution in [2.45, 2.75) is 31.9 Å². The zero-order valence-electron chi connectivity index (χ0n) is 17.0. The smallest absolute Gasteiger partial charge is 0.206 e. The van der Waals surface area contributed by atoms with Crippen molar-refractivity contribution in [3.05, 3.63) is 84.2 Å². The summed E-state index contributed by atoms with van der Waals surface area (Å²) in [6.07, 6.45) is 1.83. The van der Waals surface area contributed by atoms with Crippen molar-refractivity contribution in [3.8, 4) is 23.0 Å². The maximum Gasteiger partial charge on any atom is 0.419 e. The summed E-state index contributed by atoms with van der Waals surface area (Å²) in [4.78, 5) is 0. The van der Waals surface area contributed by atoms with E-state index in [1.54, 1.807) is 12.1 Å². The molecular weight excluding hydrogens is 400 g/mol. The molecule has 0 bridgehead atoms. The van der Waals surface area contributed by atoms with Crippen LogP contribution in [0.4, 0.5) is 17.6 Å². The van der Waals surface area contributed by atoms with Crippen molar-refractivity contribution >= 4 is 10.8 Å². The van der Waals surface area contributed by atoms with Crippen molar-refractivity contribution in [1.29, 1.82) is 0 Å². The van der Waals surface area contributed by atoms with Gasteiger partial charge in [-0.15, -0.1) is 6.58 Å². The number of hydrogen-bond acceptors (Lipinski definition) is 0. The van der Waals surface area contributed by atoms with E-state index in [9.17, 15) is 17.6 Å². The molecule has 4 rings (SSSR count). The topological polar surface area (TPSA) is 0 Å². The molecular formula is C27H22F4. The van der Waals surface area contributed by atoms with E-state index >= 15 is 0 Å². The van der Waals surface area contributed by atoms with Gasteiger partial charge >= 0.3 is 6.18 Å². The molecule has 1 saturated carbocycles. The molecule has 31 heavy (non-hydrogen) atoms. The quantitative estimate of drug-likeness (QED) is 0.223. The largest absolute Gasteiger partial charge is 0.419 e. The van der Waals surface area contributed by atoms with Crippen molar-refractivity contribution in [2.75, 3.05) is 0 Å². The third-order valence-electron chi connectivity index (χ3n) is 6.00. The van der Waals surface area contributed by atoms with Crippen LogP contribution in [-0.4, -0.2) is 0 Å². The number of fused-ring (bicyclic) bond motifs is 1. The molecule has 1 aliphatic carbocycles. The average molecular weight is 422 g/mol. The predicted molar refractivity (Wildman–Crippen MR) is 117 cm³/mol. The van der Waals surface area contributed by atoms with Gasteiger partial charge in [-0.25, -0.2) is 4.39 Å². The van der Waals surface area contributed by atoms with Crippen LogP contribution in [0.2, 0.25) is 0 Å². The Bertz CT molecular complexity index is 1150. The molecule has 1 fully saturated rings. The number of benzene rings is 3. The Morgan fingerprint density at radius 2 is 1.55 bits per heavy atom. The molecule has 0 heterocycles. The molecule has 0 aromatic heterocycles. The summed E-state index contributed by atoms with van der Waals surface area (Å²) in [6, 6.07) is 14.6. The van der Waals surface area contributed by atoms with Gasteiger partial charge in [0.1, 0.15) is 5.82 Å². The normalized spacial score (nSPS) is 19.0. The summed E-state index contributed by atoms with van der Waals surface area (Å²) in [5.74, 6) is 6.43. The van der Waals surface area contributed by atoms with Crippen molar-refractivity contribution in [2.24, 2.45) is 11.8 Å². The maximum atomic E-state index is 14.3. The number of rotatable bonds is 2. The molecule has 0 N–H and O–H groups in total. The Labute approximate surface area is 179 Å². The minimum Gasteiger partial charge on any atom is -0.206 e. The van der Waals surface area contributed by atoms with Crippen molar-refractivity contribution in [3.63, 3.8) is 0 Å². The molecule has 0 aliphatic heterocycles. The second-order valence-corrected chi connectivity index (χ2v) is 8.05. The molecule has 3 aromatic carbocycles. The second-order valence-electron chi connectivity index (χ2n) is 8.05. The first kappa shape index (κ1) is 21.2. The standard InChI is InChI=1S/C27H22F4/c1-2-18-3-5-19(6-4-18)7-8-20-9-11-21(12-10-20)22-13-15-24-23(17-22)14-16-25(26(24)28)27(29,30)31/h2,9-19H,1,3-6H2. The molecule has 0 unspecified atom stereocenters. The van der Waals surface area contributed by atoms with Gasteiger partial charge in [0.15, 0.2) is 0 Å². The highest BCUT2D eigenvalue weighted by Crippen LogP contribution is 2.35. The lowest BCUT2D eigenvalue weighted by atomic mass is 9.82. The first-order valence-electron chi connectivity index (χ1n) is 10.4. The van der Waals surface area contributed by atoms with E-state index in [2.05, 4.69) is 18.4 Å². The summed E-state index contributed by atoms with van der Waals surface area (Å²) in [7, 11) is 0. The van der Waals surface area contributed by atoms with E-state index in [0.29, 0.717) is 17.2 Å². The highest BCUT2D eigenvalue weighted by atomic mass is 19.4. The molecule has 1 aliphatic rings. The lowest BCUT2D eigenvalue weighted by Crippen LogP contribution is -2.11. The van der Waals surface area contributed by atoms with E-state index in [4.69, 9.17) is 0 Å². The van der Waals surface area contributed by atoms with Gasteiger partial charge < -0.3 is 0 Å². The SMILES string of the molecule is C=CC1CCC(C#Cc2ccc(-c3ccc4c(F)c(C(F)(F)F)ccc4c3)cc2)CC1. The van der Waals surface area contributed by atoms with Gasteiger partial charge in [-0.05, 0) is 72.4 Å². The molecule has 4 heteroatoms. The average Bonchev–Trinajstić information content (AvgIpc) is 2.77. The van der Waals surface area contributed by atoms with Crippen LogP contribution in [0.25, 0.3) is 21.9 Å². The molecule has 0 atom stereocenters. The summed E-state index contributed by atoms with van der Waals surface area (Å²) in [5.41, 5.74) is 1.40. The zero-order chi connectivity index (χ0) is 22.0. The molecule has 0 spiro atoms. The van der Waals surface area contributed by atoms with Crippen molar-refractivity contribution in [1.82, 2.24) is 0 Å². The van der Waals surface area contributed by atoms with E-state index in [1.165, 1.54) is 12.1 Å².